The maximum absolute atomic E-state index is 12.3. The predicted octanol–water partition coefficient (Wildman–Crippen LogP) is 6.65. The number of pyridine rings is 1. The molecule has 0 fully saturated rings. The lowest BCUT2D eigenvalue weighted by Gasteiger charge is -2.23. The Bertz CT molecular complexity index is 1470. The van der Waals surface area contributed by atoms with Gasteiger partial charge < -0.3 is 15.0 Å². The Morgan fingerprint density at radius 3 is 2.14 bits per heavy atom. The molecular formula is C28H22N6O3. The number of hydrogen-bond donors (Lipinski definition) is 1. The van der Waals surface area contributed by atoms with Crippen molar-refractivity contribution in [3.05, 3.63) is 131 Å². The average Bonchev–Trinajstić information content (AvgIpc) is 2.94. The van der Waals surface area contributed by atoms with Gasteiger partial charge >= 0.3 is 5.69 Å². The third kappa shape index (κ3) is 5.68. The van der Waals surface area contributed by atoms with Crippen LogP contribution in [0, 0.1) is 10.1 Å². The Hall–Kier alpha value is -5.31. The van der Waals surface area contributed by atoms with Crippen LogP contribution in [-0.4, -0.2) is 19.9 Å². The summed E-state index contributed by atoms with van der Waals surface area (Å²) in [5.41, 5.74) is 1.30. The lowest BCUT2D eigenvalue weighted by Crippen LogP contribution is -2.21. The SMILES string of the molecule is O=[N+]([O-])c1c(Nc2ccc(Oc3ccccc3)cc2)ncnc1N(Cc1ccccc1)c1ccccn1. The first-order chi connectivity index (χ1) is 18.2. The fraction of sp³-hybridized carbons (Fsp3) is 0.0357. The Balaban J connectivity index is 1.47. The molecule has 0 aliphatic rings. The third-order valence-electron chi connectivity index (χ3n) is 5.45. The van der Waals surface area contributed by atoms with Crippen molar-refractivity contribution in [2.24, 2.45) is 0 Å². The molecule has 2 heterocycles. The quantitative estimate of drug-likeness (QED) is 0.181. The van der Waals surface area contributed by atoms with Crippen molar-refractivity contribution in [2.75, 3.05) is 10.2 Å². The molecule has 0 atom stereocenters. The molecule has 0 aliphatic heterocycles. The van der Waals surface area contributed by atoms with Gasteiger partial charge in [0.15, 0.2) is 0 Å². The zero-order chi connectivity index (χ0) is 25.5. The van der Waals surface area contributed by atoms with Crippen molar-refractivity contribution < 1.29 is 9.66 Å². The predicted molar refractivity (Wildman–Crippen MR) is 141 cm³/mol. The van der Waals surface area contributed by atoms with Crippen LogP contribution in [0.25, 0.3) is 0 Å². The van der Waals surface area contributed by atoms with E-state index in [1.54, 1.807) is 47.5 Å². The molecule has 0 aliphatic carbocycles. The molecule has 2 aromatic heterocycles. The van der Waals surface area contributed by atoms with E-state index in [0.717, 1.165) is 5.56 Å². The molecule has 0 bridgehead atoms. The zero-order valence-electron chi connectivity index (χ0n) is 19.6. The highest BCUT2D eigenvalue weighted by molar-refractivity contribution is 5.77. The smallest absolute Gasteiger partial charge is 0.354 e. The van der Waals surface area contributed by atoms with E-state index in [9.17, 15) is 10.1 Å². The van der Waals surface area contributed by atoms with Crippen molar-refractivity contribution in [1.82, 2.24) is 15.0 Å². The van der Waals surface area contributed by atoms with E-state index in [0.29, 0.717) is 29.5 Å². The van der Waals surface area contributed by atoms with Crippen LogP contribution >= 0.6 is 0 Å². The van der Waals surface area contributed by atoms with Crippen molar-refractivity contribution in [3.63, 3.8) is 0 Å². The fourth-order valence-electron chi connectivity index (χ4n) is 3.74. The van der Waals surface area contributed by atoms with Gasteiger partial charge in [-0.2, -0.15) is 0 Å². The fourth-order valence-corrected chi connectivity index (χ4v) is 3.74. The summed E-state index contributed by atoms with van der Waals surface area (Å²) < 4.78 is 5.83. The number of nitro groups is 1. The van der Waals surface area contributed by atoms with E-state index in [1.807, 2.05) is 66.7 Å². The van der Waals surface area contributed by atoms with Gasteiger partial charge in [0.05, 0.1) is 11.5 Å². The van der Waals surface area contributed by atoms with Gasteiger partial charge in [0.25, 0.3) is 0 Å². The topological polar surface area (TPSA) is 106 Å². The van der Waals surface area contributed by atoms with Crippen LogP contribution in [0.3, 0.4) is 0 Å². The maximum Gasteiger partial charge on any atom is 0.354 e. The first-order valence-corrected chi connectivity index (χ1v) is 11.5. The molecule has 182 valence electrons. The van der Waals surface area contributed by atoms with Crippen LogP contribution in [0.4, 0.5) is 28.8 Å². The van der Waals surface area contributed by atoms with Gasteiger partial charge in [0.1, 0.15) is 23.6 Å². The van der Waals surface area contributed by atoms with Gasteiger partial charge in [-0.05, 0) is 54.1 Å². The molecule has 9 heteroatoms. The van der Waals surface area contributed by atoms with Crippen LogP contribution in [-0.2, 0) is 6.54 Å². The number of rotatable bonds is 9. The molecule has 37 heavy (non-hydrogen) atoms. The minimum absolute atomic E-state index is 0.0701. The van der Waals surface area contributed by atoms with Gasteiger partial charge in [-0.3, -0.25) is 10.1 Å². The second-order valence-corrected chi connectivity index (χ2v) is 7.98. The molecule has 3 aromatic carbocycles. The summed E-state index contributed by atoms with van der Waals surface area (Å²) >= 11 is 0. The summed E-state index contributed by atoms with van der Waals surface area (Å²) in [5, 5.41) is 15.4. The van der Waals surface area contributed by atoms with Crippen LogP contribution < -0.4 is 15.0 Å². The highest BCUT2D eigenvalue weighted by Gasteiger charge is 2.29. The molecule has 0 spiro atoms. The van der Waals surface area contributed by atoms with Gasteiger partial charge in [0.2, 0.25) is 11.6 Å². The highest BCUT2D eigenvalue weighted by Crippen LogP contribution is 2.37. The van der Waals surface area contributed by atoms with E-state index in [-0.39, 0.29) is 17.3 Å². The van der Waals surface area contributed by atoms with Crippen molar-refractivity contribution in [2.45, 2.75) is 6.54 Å². The largest absolute Gasteiger partial charge is 0.457 e. The monoisotopic (exact) mass is 490 g/mol. The number of anilines is 4. The van der Waals surface area contributed by atoms with Crippen LogP contribution in [0.2, 0.25) is 0 Å². The summed E-state index contributed by atoms with van der Waals surface area (Å²) in [6, 6.07) is 31.5. The number of para-hydroxylation sites is 1. The molecular weight excluding hydrogens is 468 g/mol. The molecule has 5 aromatic rings. The number of benzene rings is 3. The van der Waals surface area contributed by atoms with Crippen molar-refractivity contribution in [1.29, 1.82) is 0 Å². The average molecular weight is 491 g/mol. The number of nitrogens with one attached hydrogen (secondary N) is 1. The second kappa shape index (κ2) is 11.0. The molecule has 0 saturated carbocycles. The summed E-state index contributed by atoms with van der Waals surface area (Å²) in [6.07, 6.45) is 2.94. The summed E-state index contributed by atoms with van der Waals surface area (Å²) in [5.74, 6) is 2.09. The molecule has 0 saturated heterocycles. The van der Waals surface area contributed by atoms with Crippen LogP contribution in [0.1, 0.15) is 5.56 Å². The Morgan fingerprint density at radius 2 is 1.46 bits per heavy atom. The Kier molecular flexibility index (Phi) is 6.94. The van der Waals surface area contributed by atoms with Gasteiger partial charge in [0, 0.05) is 11.9 Å². The third-order valence-corrected chi connectivity index (χ3v) is 5.45. The van der Waals surface area contributed by atoms with E-state index in [1.165, 1.54) is 6.33 Å². The van der Waals surface area contributed by atoms with Crippen LogP contribution in [0.5, 0.6) is 11.5 Å². The Morgan fingerprint density at radius 1 is 0.784 bits per heavy atom. The normalized spacial score (nSPS) is 10.5. The van der Waals surface area contributed by atoms with Crippen molar-refractivity contribution >= 4 is 28.8 Å². The Labute approximate surface area is 213 Å². The number of nitrogens with zero attached hydrogens (tertiary/aromatic N) is 5. The minimum Gasteiger partial charge on any atom is -0.457 e. The van der Waals surface area contributed by atoms with Gasteiger partial charge in [-0.1, -0.05) is 54.6 Å². The maximum atomic E-state index is 12.3. The summed E-state index contributed by atoms with van der Waals surface area (Å²) in [7, 11) is 0. The molecule has 0 radical (unpaired) electrons. The zero-order valence-corrected chi connectivity index (χ0v) is 19.6. The highest BCUT2D eigenvalue weighted by atomic mass is 16.6. The standard InChI is InChI=1S/C28H22N6O3/c35-34(36)26-27(32-22-14-16-24(17-15-22)37-23-11-5-2-6-12-23)30-20-31-28(26)33(25-13-7-8-18-29-25)19-21-9-3-1-4-10-21/h1-18,20H,19H2,(H,30,31,32). The minimum atomic E-state index is -0.481. The molecule has 5 rings (SSSR count). The van der Waals surface area contributed by atoms with Crippen molar-refractivity contribution in [3.8, 4) is 11.5 Å². The van der Waals surface area contributed by atoms with Gasteiger partial charge in [-0.25, -0.2) is 15.0 Å². The van der Waals surface area contributed by atoms with E-state index in [4.69, 9.17) is 4.74 Å². The van der Waals surface area contributed by atoms with E-state index in [2.05, 4.69) is 20.3 Å². The van der Waals surface area contributed by atoms with Crippen LogP contribution in [0.15, 0.2) is 116 Å². The molecule has 1 N–H and O–H groups in total. The lowest BCUT2D eigenvalue weighted by atomic mass is 10.2. The summed E-state index contributed by atoms with van der Waals surface area (Å²) in [4.78, 5) is 26.4. The molecule has 0 unspecified atom stereocenters. The van der Waals surface area contributed by atoms with E-state index < -0.39 is 4.92 Å². The second-order valence-electron chi connectivity index (χ2n) is 7.98. The van der Waals surface area contributed by atoms with E-state index >= 15 is 0 Å². The number of hydrogen-bond acceptors (Lipinski definition) is 8. The molecule has 9 nitrogen and oxygen atoms in total. The number of aromatic nitrogens is 3. The summed E-state index contributed by atoms with van der Waals surface area (Å²) in [6.45, 7) is 0.334. The lowest BCUT2D eigenvalue weighted by molar-refractivity contribution is -0.383. The number of ether oxygens (including phenoxy) is 1. The first-order valence-electron chi connectivity index (χ1n) is 11.5. The first kappa shape index (κ1) is 23.4. The van der Waals surface area contributed by atoms with Gasteiger partial charge in [-0.15, -0.1) is 0 Å². The molecule has 0 amide bonds.